The van der Waals surface area contributed by atoms with Gasteiger partial charge in [0, 0.05) is 24.6 Å². The van der Waals surface area contributed by atoms with Crippen LogP contribution in [0.2, 0.25) is 0 Å². The molecule has 2 aromatic heterocycles. The van der Waals surface area contributed by atoms with Crippen molar-refractivity contribution in [1.29, 1.82) is 0 Å². The van der Waals surface area contributed by atoms with Crippen LogP contribution in [-0.2, 0) is 6.42 Å². The zero-order chi connectivity index (χ0) is 14.2. The molecule has 0 unspecified atom stereocenters. The number of carbonyl (C=O) groups is 1. The summed E-state index contributed by atoms with van der Waals surface area (Å²) in [7, 11) is 1.50. The highest BCUT2D eigenvalue weighted by atomic mass is 16.5. The van der Waals surface area contributed by atoms with Crippen molar-refractivity contribution in [2.45, 2.75) is 12.8 Å². The van der Waals surface area contributed by atoms with Gasteiger partial charge in [-0.3, -0.25) is 9.78 Å². The van der Waals surface area contributed by atoms with Gasteiger partial charge in [0.15, 0.2) is 0 Å². The number of rotatable bonds is 6. The first kappa shape index (κ1) is 14.0. The molecule has 104 valence electrons. The summed E-state index contributed by atoms with van der Waals surface area (Å²) in [5.74, 6) is 0.172. The van der Waals surface area contributed by atoms with E-state index in [0.29, 0.717) is 18.0 Å². The van der Waals surface area contributed by atoms with Crippen LogP contribution in [0.4, 0.5) is 0 Å². The van der Waals surface area contributed by atoms with Crippen LogP contribution in [0.25, 0.3) is 0 Å². The molecule has 2 heterocycles. The van der Waals surface area contributed by atoms with E-state index < -0.39 is 0 Å². The van der Waals surface area contributed by atoms with Gasteiger partial charge in [-0.15, -0.1) is 0 Å². The molecule has 2 aromatic rings. The Labute approximate surface area is 118 Å². The molecule has 5 heteroatoms. The average molecular weight is 271 g/mol. The van der Waals surface area contributed by atoms with Crippen LogP contribution in [0.3, 0.4) is 0 Å². The SMILES string of the molecule is COc1ncccc1C(=O)NCCCc1ccccn1. The van der Waals surface area contributed by atoms with E-state index in [2.05, 4.69) is 15.3 Å². The molecule has 0 fully saturated rings. The summed E-state index contributed by atoms with van der Waals surface area (Å²) in [6, 6.07) is 9.23. The molecule has 20 heavy (non-hydrogen) atoms. The number of hydrogen-bond acceptors (Lipinski definition) is 4. The summed E-state index contributed by atoms with van der Waals surface area (Å²) in [4.78, 5) is 20.2. The lowest BCUT2D eigenvalue weighted by atomic mass is 10.2. The monoisotopic (exact) mass is 271 g/mol. The Morgan fingerprint density at radius 2 is 2.05 bits per heavy atom. The first-order valence-electron chi connectivity index (χ1n) is 6.48. The molecule has 0 aromatic carbocycles. The van der Waals surface area contributed by atoms with Crippen molar-refractivity contribution >= 4 is 5.91 Å². The van der Waals surface area contributed by atoms with Gasteiger partial charge in [0.25, 0.3) is 5.91 Å². The fraction of sp³-hybridized carbons (Fsp3) is 0.267. The van der Waals surface area contributed by atoms with Crippen LogP contribution >= 0.6 is 0 Å². The Kier molecular flexibility index (Phi) is 5.06. The number of carbonyl (C=O) groups excluding carboxylic acids is 1. The van der Waals surface area contributed by atoms with Gasteiger partial charge in [0.05, 0.1) is 7.11 Å². The fourth-order valence-electron chi connectivity index (χ4n) is 1.84. The van der Waals surface area contributed by atoms with Crippen LogP contribution in [0, 0.1) is 0 Å². The molecule has 0 saturated carbocycles. The zero-order valence-corrected chi connectivity index (χ0v) is 11.4. The van der Waals surface area contributed by atoms with Gasteiger partial charge in [0.2, 0.25) is 5.88 Å². The van der Waals surface area contributed by atoms with E-state index >= 15 is 0 Å². The van der Waals surface area contributed by atoms with Crippen molar-refractivity contribution in [1.82, 2.24) is 15.3 Å². The van der Waals surface area contributed by atoms with E-state index in [0.717, 1.165) is 18.5 Å². The molecule has 0 bridgehead atoms. The van der Waals surface area contributed by atoms with E-state index in [9.17, 15) is 4.79 Å². The highest BCUT2D eigenvalue weighted by molar-refractivity contribution is 5.96. The van der Waals surface area contributed by atoms with E-state index in [4.69, 9.17) is 4.74 Å². The Morgan fingerprint density at radius 1 is 1.20 bits per heavy atom. The number of ether oxygens (including phenoxy) is 1. The molecule has 0 spiro atoms. The number of hydrogen-bond donors (Lipinski definition) is 1. The first-order chi connectivity index (χ1) is 9.81. The molecule has 0 atom stereocenters. The number of aryl methyl sites for hydroxylation is 1. The summed E-state index contributed by atoms with van der Waals surface area (Å²) in [5.41, 5.74) is 1.48. The third kappa shape index (κ3) is 3.78. The Balaban J connectivity index is 1.81. The molecule has 0 aliphatic carbocycles. The highest BCUT2D eigenvalue weighted by Gasteiger charge is 2.11. The minimum Gasteiger partial charge on any atom is -0.480 e. The van der Waals surface area contributed by atoms with Crippen molar-refractivity contribution in [3.63, 3.8) is 0 Å². The second kappa shape index (κ2) is 7.23. The smallest absolute Gasteiger partial charge is 0.256 e. The number of methoxy groups -OCH3 is 1. The number of pyridine rings is 2. The largest absolute Gasteiger partial charge is 0.480 e. The van der Waals surface area contributed by atoms with Crippen LogP contribution in [0.5, 0.6) is 5.88 Å². The van der Waals surface area contributed by atoms with Crippen LogP contribution in [0.15, 0.2) is 42.7 Å². The summed E-state index contributed by atoms with van der Waals surface area (Å²) in [6.45, 7) is 0.591. The van der Waals surface area contributed by atoms with E-state index in [1.165, 1.54) is 7.11 Å². The lowest BCUT2D eigenvalue weighted by molar-refractivity contribution is 0.0949. The molecule has 5 nitrogen and oxygen atoms in total. The predicted octanol–water partition coefficient (Wildman–Crippen LogP) is 1.85. The lowest BCUT2D eigenvalue weighted by Gasteiger charge is -2.07. The van der Waals surface area contributed by atoms with Gasteiger partial charge >= 0.3 is 0 Å². The van der Waals surface area contributed by atoms with Gasteiger partial charge in [-0.05, 0) is 37.1 Å². The first-order valence-corrected chi connectivity index (χ1v) is 6.48. The quantitative estimate of drug-likeness (QED) is 0.814. The number of nitrogens with one attached hydrogen (secondary N) is 1. The molecular weight excluding hydrogens is 254 g/mol. The zero-order valence-electron chi connectivity index (χ0n) is 11.4. The fourth-order valence-corrected chi connectivity index (χ4v) is 1.84. The van der Waals surface area contributed by atoms with Crippen molar-refractivity contribution < 1.29 is 9.53 Å². The van der Waals surface area contributed by atoms with Gasteiger partial charge in [0.1, 0.15) is 5.56 Å². The second-order valence-corrected chi connectivity index (χ2v) is 4.24. The van der Waals surface area contributed by atoms with Crippen molar-refractivity contribution in [3.05, 3.63) is 54.0 Å². The van der Waals surface area contributed by atoms with E-state index in [1.807, 2.05) is 18.2 Å². The van der Waals surface area contributed by atoms with Gasteiger partial charge in [-0.1, -0.05) is 6.07 Å². The average Bonchev–Trinajstić information content (AvgIpc) is 2.52. The third-order valence-electron chi connectivity index (χ3n) is 2.83. The molecule has 0 aliphatic rings. The van der Waals surface area contributed by atoms with E-state index in [1.54, 1.807) is 24.5 Å². The van der Waals surface area contributed by atoms with Crippen molar-refractivity contribution in [2.24, 2.45) is 0 Å². The van der Waals surface area contributed by atoms with Gasteiger partial charge in [-0.25, -0.2) is 4.98 Å². The van der Waals surface area contributed by atoms with Crippen LogP contribution in [-0.4, -0.2) is 29.5 Å². The van der Waals surface area contributed by atoms with Crippen molar-refractivity contribution in [3.8, 4) is 5.88 Å². The van der Waals surface area contributed by atoms with E-state index in [-0.39, 0.29) is 5.91 Å². The van der Waals surface area contributed by atoms with Crippen LogP contribution in [0.1, 0.15) is 22.5 Å². The lowest BCUT2D eigenvalue weighted by Crippen LogP contribution is -2.25. The summed E-state index contributed by atoms with van der Waals surface area (Å²) in [5, 5.41) is 2.86. The van der Waals surface area contributed by atoms with Gasteiger partial charge < -0.3 is 10.1 Å². The maximum absolute atomic E-state index is 12.0. The predicted molar refractivity (Wildman–Crippen MR) is 75.7 cm³/mol. The molecule has 0 radical (unpaired) electrons. The molecular formula is C15H17N3O2. The normalized spacial score (nSPS) is 10.1. The maximum atomic E-state index is 12.0. The second-order valence-electron chi connectivity index (χ2n) is 4.24. The minimum absolute atomic E-state index is 0.170. The van der Waals surface area contributed by atoms with Crippen LogP contribution < -0.4 is 10.1 Å². The summed E-state index contributed by atoms with van der Waals surface area (Å²) < 4.78 is 5.06. The Bertz CT molecular complexity index is 558. The van der Waals surface area contributed by atoms with Gasteiger partial charge in [-0.2, -0.15) is 0 Å². The summed E-state index contributed by atoms with van der Waals surface area (Å²) >= 11 is 0. The minimum atomic E-state index is -0.170. The maximum Gasteiger partial charge on any atom is 0.256 e. The number of nitrogens with zero attached hydrogens (tertiary/aromatic N) is 2. The molecule has 1 amide bonds. The standard InChI is InChI=1S/C15H17N3O2/c1-20-15-13(8-5-11-18-15)14(19)17-10-4-7-12-6-2-3-9-16-12/h2-3,5-6,8-9,11H,4,7,10H2,1H3,(H,17,19). The number of aromatic nitrogens is 2. The number of amides is 1. The Morgan fingerprint density at radius 3 is 2.80 bits per heavy atom. The topological polar surface area (TPSA) is 64.1 Å². The highest BCUT2D eigenvalue weighted by Crippen LogP contribution is 2.12. The molecule has 2 rings (SSSR count). The third-order valence-corrected chi connectivity index (χ3v) is 2.83. The summed E-state index contributed by atoms with van der Waals surface area (Å²) in [6.07, 6.45) is 5.04. The van der Waals surface area contributed by atoms with Crippen molar-refractivity contribution in [2.75, 3.05) is 13.7 Å². The molecule has 0 saturated heterocycles. The molecule has 0 aliphatic heterocycles. The molecule has 1 N–H and O–H groups in total. The Hall–Kier alpha value is -2.43.